The molecule has 0 aliphatic carbocycles. The fraction of sp³-hybridized carbons (Fsp3) is 0.286. The Morgan fingerprint density at radius 3 is 2.47 bits per heavy atom. The molecule has 0 spiro atoms. The highest BCUT2D eigenvalue weighted by Crippen LogP contribution is 2.29. The van der Waals surface area contributed by atoms with E-state index < -0.39 is 5.97 Å². The van der Waals surface area contributed by atoms with Crippen molar-refractivity contribution in [2.24, 2.45) is 0 Å². The van der Waals surface area contributed by atoms with Gasteiger partial charge >= 0.3 is 5.97 Å². The molecule has 0 radical (unpaired) electrons. The first-order valence-corrected chi connectivity index (χ1v) is 6.93. The molecule has 19 heavy (non-hydrogen) atoms. The van der Waals surface area contributed by atoms with Gasteiger partial charge in [0.05, 0.1) is 12.3 Å². The number of rotatable bonds is 5. The van der Waals surface area contributed by atoms with Crippen molar-refractivity contribution in [3.05, 3.63) is 34.8 Å². The molecule has 100 valence electrons. The third kappa shape index (κ3) is 2.93. The second kappa shape index (κ2) is 5.84. The molecule has 0 unspecified atom stereocenters. The van der Waals surface area contributed by atoms with Crippen LogP contribution < -0.4 is 4.74 Å². The van der Waals surface area contributed by atoms with Crippen LogP contribution in [0.15, 0.2) is 24.3 Å². The Hall–Kier alpha value is -1.88. The normalized spacial score (nSPS) is 10.4. The summed E-state index contributed by atoms with van der Waals surface area (Å²) in [7, 11) is 0. The van der Waals surface area contributed by atoms with Crippen molar-refractivity contribution in [1.29, 1.82) is 0 Å². The number of thiazole rings is 1. The zero-order valence-corrected chi connectivity index (χ0v) is 11.7. The van der Waals surface area contributed by atoms with Gasteiger partial charge in [-0.3, -0.25) is 0 Å². The maximum Gasteiger partial charge on any atom is 0.347 e. The first-order chi connectivity index (χ1) is 9.15. The number of ether oxygens (including phenoxy) is 1. The number of aryl methyl sites for hydroxylation is 1. The molecule has 0 aliphatic heterocycles. The molecule has 0 saturated heterocycles. The van der Waals surface area contributed by atoms with Gasteiger partial charge in [-0.15, -0.1) is 11.3 Å². The molecule has 0 saturated carbocycles. The number of benzene rings is 1. The average molecular weight is 277 g/mol. The molecule has 5 heteroatoms. The van der Waals surface area contributed by atoms with E-state index in [1.807, 2.05) is 38.1 Å². The van der Waals surface area contributed by atoms with E-state index in [0.29, 0.717) is 23.6 Å². The van der Waals surface area contributed by atoms with Gasteiger partial charge in [-0.2, -0.15) is 0 Å². The van der Waals surface area contributed by atoms with E-state index in [4.69, 9.17) is 9.84 Å². The highest BCUT2D eigenvalue weighted by atomic mass is 32.1. The van der Waals surface area contributed by atoms with Gasteiger partial charge in [0.2, 0.25) is 0 Å². The molecule has 0 amide bonds. The second-order valence-corrected chi connectivity index (χ2v) is 4.91. The molecule has 2 rings (SSSR count). The van der Waals surface area contributed by atoms with Gasteiger partial charge in [-0.25, -0.2) is 9.78 Å². The lowest BCUT2D eigenvalue weighted by atomic mass is 10.2. The molecule has 0 bridgehead atoms. The van der Waals surface area contributed by atoms with E-state index in [1.165, 1.54) is 11.3 Å². The van der Waals surface area contributed by atoms with Crippen molar-refractivity contribution < 1.29 is 14.6 Å². The summed E-state index contributed by atoms with van der Waals surface area (Å²) in [5.74, 6) is -0.108. The molecular weight excluding hydrogens is 262 g/mol. The number of aromatic nitrogens is 1. The summed E-state index contributed by atoms with van der Waals surface area (Å²) in [6, 6.07) is 7.53. The molecule has 2 aromatic rings. The molecule has 1 N–H and O–H groups in total. The minimum absolute atomic E-state index is 0.325. The van der Waals surface area contributed by atoms with Crippen molar-refractivity contribution in [3.8, 4) is 16.3 Å². The van der Waals surface area contributed by atoms with Gasteiger partial charge in [-0.1, -0.05) is 6.92 Å². The smallest absolute Gasteiger partial charge is 0.347 e. The number of hydrogen-bond donors (Lipinski definition) is 1. The number of carbonyl (C=O) groups is 1. The molecule has 0 atom stereocenters. The predicted octanol–water partition coefficient (Wildman–Crippen LogP) is 3.47. The second-order valence-electron chi connectivity index (χ2n) is 3.91. The predicted molar refractivity (Wildman–Crippen MR) is 75.1 cm³/mol. The molecular formula is C14H15NO3S. The first kappa shape index (κ1) is 13.5. The quantitative estimate of drug-likeness (QED) is 0.909. The van der Waals surface area contributed by atoms with Crippen LogP contribution in [-0.4, -0.2) is 22.7 Å². The Bertz CT molecular complexity index is 575. The zero-order valence-electron chi connectivity index (χ0n) is 10.8. The number of hydrogen-bond acceptors (Lipinski definition) is 4. The van der Waals surface area contributed by atoms with Crippen molar-refractivity contribution >= 4 is 17.3 Å². The van der Waals surface area contributed by atoms with Crippen LogP contribution in [0.4, 0.5) is 0 Å². The van der Waals surface area contributed by atoms with Crippen LogP contribution in [0, 0.1) is 0 Å². The van der Waals surface area contributed by atoms with Crippen molar-refractivity contribution in [1.82, 2.24) is 4.98 Å². The summed E-state index contributed by atoms with van der Waals surface area (Å²) in [5, 5.41) is 9.86. The van der Waals surface area contributed by atoms with Gasteiger partial charge in [0.15, 0.2) is 0 Å². The van der Waals surface area contributed by atoms with Crippen LogP contribution >= 0.6 is 11.3 Å². The van der Waals surface area contributed by atoms with E-state index in [1.54, 1.807) is 0 Å². The molecule has 4 nitrogen and oxygen atoms in total. The van der Waals surface area contributed by atoms with E-state index in [9.17, 15) is 4.79 Å². The zero-order chi connectivity index (χ0) is 13.8. The number of carboxylic acids is 1. The van der Waals surface area contributed by atoms with E-state index in [0.717, 1.165) is 16.3 Å². The minimum atomic E-state index is -0.911. The fourth-order valence-corrected chi connectivity index (χ4v) is 2.74. The molecule has 0 aliphatic rings. The van der Waals surface area contributed by atoms with E-state index >= 15 is 0 Å². The van der Waals surface area contributed by atoms with Crippen LogP contribution in [0.25, 0.3) is 10.6 Å². The molecule has 0 fully saturated rings. The Labute approximate surface area is 115 Å². The summed E-state index contributed by atoms with van der Waals surface area (Å²) in [6.45, 7) is 4.46. The van der Waals surface area contributed by atoms with Crippen LogP contribution in [0.2, 0.25) is 0 Å². The Morgan fingerprint density at radius 2 is 2.00 bits per heavy atom. The number of aromatic carboxylic acids is 1. The third-order valence-electron chi connectivity index (χ3n) is 2.64. The summed E-state index contributed by atoms with van der Waals surface area (Å²) < 4.78 is 5.37. The summed E-state index contributed by atoms with van der Waals surface area (Å²) in [6.07, 6.45) is 0.620. The van der Waals surface area contributed by atoms with Crippen molar-refractivity contribution in [2.45, 2.75) is 20.3 Å². The van der Waals surface area contributed by atoms with Gasteiger partial charge < -0.3 is 9.84 Å². The maximum atomic E-state index is 11.1. The largest absolute Gasteiger partial charge is 0.494 e. The van der Waals surface area contributed by atoms with Crippen molar-refractivity contribution in [2.75, 3.05) is 6.61 Å². The van der Waals surface area contributed by atoms with Gasteiger partial charge in [0, 0.05) is 5.56 Å². The van der Waals surface area contributed by atoms with E-state index in [-0.39, 0.29) is 0 Å². The van der Waals surface area contributed by atoms with Crippen LogP contribution in [0.3, 0.4) is 0 Å². The highest BCUT2D eigenvalue weighted by molar-refractivity contribution is 7.17. The van der Waals surface area contributed by atoms with Gasteiger partial charge in [0.25, 0.3) is 0 Å². The maximum absolute atomic E-state index is 11.1. The lowest BCUT2D eigenvalue weighted by molar-refractivity contribution is 0.0701. The lowest BCUT2D eigenvalue weighted by Gasteiger charge is -2.02. The summed E-state index contributed by atoms with van der Waals surface area (Å²) >= 11 is 1.21. The number of carboxylic acid groups (broad SMARTS) is 1. The highest BCUT2D eigenvalue weighted by Gasteiger charge is 2.16. The average Bonchev–Trinajstić information content (AvgIpc) is 2.84. The molecule has 1 aromatic carbocycles. The summed E-state index contributed by atoms with van der Waals surface area (Å²) in [4.78, 5) is 15.8. The standard InChI is InChI=1S/C14H15NO3S/c1-3-11-12(14(16)17)19-13(15-11)9-5-7-10(8-6-9)18-4-2/h5-8H,3-4H2,1-2H3,(H,16,17). The molecule has 1 heterocycles. The van der Waals surface area contributed by atoms with Crippen molar-refractivity contribution in [3.63, 3.8) is 0 Å². The van der Waals surface area contributed by atoms with Crippen LogP contribution in [0.5, 0.6) is 5.75 Å². The first-order valence-electron chi connectivity index (χ1n) is 6.12. The SMILES string of the molecule is CCOc1ccc(-c2nc(CC)c(C(=O)O)s2)cc1. The van der Waals surface area contributed by atoms with Crippen LogP contribution in [-0.2, 0) is 6.42 Å². The topological polar surface area (TPSA) is 59.4 Å². The molecule has 1 aromatic heterocycles. The Kier molecular flexibility index (Phi) is 4.16. The monoisotopic (exact) mass is 277 g/mol. The van der Waals surface area contributed by atoms with Gasteiger partial charge in [0.1, 0.15) is 15.6 Å². The number of nitrogens with zero attached hydrogens (tertiary/aromatic N) is 1. The third-order valence-corrected chi connectivity index (χ3v) is 3.77. The Balaban J connectivity index is 2.33. The van der Waals surface area contributed by atoms with E-state index in [2.05, 4.69) is 4.98 Å². The van der Waals surface area contributed by atoms with Crippen LogP contribution in [0.1, 0.15) is 29.2 Å². The summed E-state index contributed by atoms with van der Waals surface area (Å²) in [5.41, 5.74) is 1.55. The lowest BCUT2D eigenvalue weighted by Crippen LogP contribution is -1.97. The Morgan fingerprint density at radius 1 is 1.32 bits per heavy atom. The van der Waals surface area contributed by atoms with Gasteiger partial charge in [-0.05, 0) is 37.6 Å². The minimum Gasteiger partial charge on any atom is -0.494 e. The fourth-order valence-electron chi connectivity index (χ4n) is 1.74.